The lowest BCUT2D eigenvalue weighted by molar-refractivity contribution is -0.149. The Kier molecular flexibility index (Phi) is 6.37. The summed E-state index contributed by atoms with van der Waals surface area (Å²) in [6, 6.07) is 9.64. The summed E-state index contributed by atoms with van der Waals surface area (Å²) in [5.41, 5.74) is 0.618. The number of rotatable bonds is 8. The van der Waals surface area contributed by atoms with Crippen LogP contribution in [0.4, 0.5) is 0 Å². The second-order valence-corrected chi connectivity index (χ2v) is 7.43. The van der Waals surface area contributed by atoms with Crippen LogP contribution in [0, 0.1) is 11.3 Å². The van der Waals surface area contributed by atoms with E-state index in [2.05, 4.69) is 11.4 Å². The third-order valence-electron chi connectivity index (χ3n) is 5.33. The molecule has 8 heteroatoms. The van der Waals surface area contributed by atoms with Crippen molar-refractivity contribution in [2.24, 2.45) is 0 Å². The van der Waals surface area contributed by atoms with Gasteiger partial charge in [0.1, 0.15) is 5.54 Å². The minimum Gasteiger partial charge on any atom is -0.456 e. The molecule has 0 radical (unpaired) electrons. The van der Waals surface area contributed by atoms with Crippen LogP contribution in [0.5, 0.6) is 0 Å². The molecule has 1 aromatic heterocycles. The van der Waals surface area contributed by atoms with Gasteiger partial charge >= 0.3 is 11.7 Å². The number of imidazole rings is 1. The summed E-state index contributed by atoms with van der Waals surface area (Å²) in [7, 11) is 0. The summed E-state index contributed by atoms with van der Waals surface area (Å²) in [4.78, 5) is 36.8. The number of benzene rings is 1. The van der Waals surface area contributed by atoms with E-state index in [1.54, 1.807) is 9.13 Å². The predicted octanol–water partition coefficient (Wildman–Crippen LogP) is 2.10. The molecule has 1 fully saturated rings. The van der Waals surface area contributed by atoms with E-state index >= 15 is 0 Å². The Balaban J connectivity index is 1.57. The van der Waals surface area contributed by atoms with E-state index in [1.807, 2.05) is 31.2 Å². The van der Waals surface area contributed by atoms with Crippen molar-refractivity contribution in [3.8, 4) is 6.07 Å². The molecule has 1 aliphatic carbocycles. The summed E-state index contributed by atoms with van der Waals surface area (Å²) in [5.74, 6) is -1.03. The number of para-hydroxylation sites is 2. The van der Waals surface area contributed by atoms with Crippen molar-refractivity contribution < 1.29 is 14.3 Å². The molecule has 29 heavy (non-hydrogen) atoms. The van der Waals surface area contributed by atoms with Crippen LogP contribution in [0.25, 0.3) is 11.0 Å². The van der Waals surface area contributed by atoms with Crippen LogP contribution in [0.2, 0.25) is 0 Å². The van der Waals surface area contributed by atoms with E-state index in [0.29, 0.717) is 19.4 Å². The van der Waals surface area contributed by atoms with Gasteiger partial charge in [-0.1, -0.05) is 19.1 Å². The molecule has 0 spiro atoms. The van der Waals surface area contributed by atoms with Crippen LogP contribution < -0.4 is 11.0 Å². The van der Waals surface area contributed by atoms with E-state index in [9.17, 15) is 19.6 Å². The number of aromatic nitrogens is 2. The molecule has 1 aromatic carbocycles. The first-order valence-electron chi connectivity index (χ1n) is 10.1. The highest BCUT2D eigenvalue weighted by atomic mass is 16.5. The summed E-state index contributed by atoms with van der Waals surface area (Å²) in [6.45, 7) is 2.37. The average molecular weight is 398 g/mol. The van der Waals surface area contributed by atoms with E-state index < -0.39 is 24.0 Å². The normalized spacial score (nSPS) is 15.2. The van der Waals surface area contributed by atoms with Gasteiger partial charge in [-0.05, 0) is 44.2 Å². The number of fused-ring (bicyclic) bond motifs is 1. The maximum atomic E-state index is 12.7. The zero-order valence-electron chi connectivity index (χ0n) is 16.6. The van der Waals surface area contributed by atoms with Crippen LogP contribution in [0.15, 0.2) is 29.1 Å². The zero-order valence-corrected chi connectivity index (χ0v) is 16.6. The first-order valence-corrected chi connectivity index (χ1v) is 10.1. The molecule has 1 amide bonds. The third kappa shape index (κ3) is 4.50. The van der Waals surface area contributed by atoms with E-state index in [4.69, 9.17) is 4.74 Å². The largest absolute Gasteiger partial charge is 0.456 e. The molecule has 8 nitrogen and oxygen atoms in total. The summed E-state index contributed by atoms with van der Waals surface area (Å²) in [5, 5.41) is 12.0. The van der Waals surface area contributed by atoms with Gasteiger partial charge in [-0.15, -0.1) is 0 Å². The molecule has 1 saturated carbocycles. The molecule has 1 N–H and O–H groups in total. The fourth-order valence-corrected chi connectivity index (χ4v) is 3.90. The molecular weight excluding hydrogens is 372 g/mol. The SMILES string of the molecule is CCCn1c(=O)n(CCC(=O)OCC(=O)NC2(C#N)CCCC2)c2ccccc21. The number of carbonyl (C=O) groups excluding carboxylic acids is 2. The second-order valence-electron chi connectivity index (χ2n) is 7.43. The zero-order chi connectivity index (χ0) is 20.9. The highest BCUT2D eigenvalue weighted by Gasteiger charge is 2.35. The van der Waals surface area contributed by atoms with Gasteiger partial charge in [0.2, 0.25) is 0 Å². The second kappa shape index (κ2) is 8.95. The van der Waals surface area contributed by atoms with Gasteiger partial charge in [0.05, 0.1) is 23.5 Å². The van der Waals surface area contributed by atoms with Gasteiger partial charge in [0.15, 0.2) is 6.61 Å². The molecular formula is C21H26N4O4. The Labute approximate surface area is 169 Å². The fraction of sp³-hybridized carbons (Fsp3) is 0.524. The molecule has 154 valence electrons. The van der Waals surface area contributed by atoms with Crippen molar-refractivity contribution in [1.82, 2.24) is 14.5 Å². The van der Waals surface area contributed by atoms with Crippen molar-refractivity contribution in [2.75, 3.05) is 6.61 Å². The van der Waals surface area contributed by atoms with Crippen LogP contribution >= 0.6 is 0 Å². The average Bonchev–Trinajstić information content (AvgIpc) is 3.29. The van der Waals surface area contributed by atoms with Gasteiger partial charge in [0, 0.05) is 13.1 Å². The van der Waals surface area contributed by atoms with Crippen LogP contribution in [-0.2, 0) is 27.4 Å². The molecule has 1 aliphatic rings. The topological polar surface area (TPSA) is 106 Å². The number of esters is 1. The van der Waals surface area contributed by atoms with Crippen molar-refractivity contribution in [3.05, 3.63) is 34.7 Å². The number of amides is 1. The first kappa shape index (κ1) is 20.6. The summed E-state index contributed by atoms with van der Waals surface area (Å²) in [6.07, 6.45) is 3.84. The number of nitriles is 1. The summed E-state index contributed by atoms with van der Waals surface area (Å²) < 4.78 is 8.32. The Morgan fingerprint density at radius 2 is 1.79 bits per heavy atom. The lowest BCUT2D eigenvalue weighted by atomic mass is 10.00. The molecule has 0 bridgehead atoms. The number of nitrogens with one attached hydrogen (secondary N) is 1. The van der Waals surface area contributed by atoms with E-state index in [1.165, 1.54) is 0 Å². The lowest BCUT2D eigenvalue weighted by Gasteiger charge is -2.21. The fourth-order valence-electron chi connectivity index (χ4n) is 3.90. The molecule has 0 unspecified atom stereocenters. The molecule has 3 rings (SSSR count). The van der Waals surface area contributed by atoms with Crippen LogP contribution in [0.3, 0.4) is 0 Å². The quantitative estimate of drug-likeness (QED) is 0.686. The van der Waals surface area contributed by atoms with Crippen molar-refractivity contribution >= 4 is 22.9 Å². The third-order valence-corrected chi connectivity index (χ3v) is 5.33. The highest BCUT2D eigenvalue weighted by molar-refractivity contribution is 5.81. The Morgan fingerprint density at radius 3 is 2.38 bits per heavy atom. The highest BCUT2D eigenvalue weighted by Crippen LogP contribution is 2.28. The van der Waals surface area contributed by atoms with Gasteiger partial charge in [-0.2, -0.15) is 5.26 Å². The number of ether oxygens (including phenoxy) is 1. The van der Waals surface area contributed by atoms with Gasteiger partial charge < -0.3 is 10.1 Å². The van der Waals surface area contributed by atoms with Gasteiger partial charge in [-0.3, -0.25) is 18.7 Å². The number of hydrogen-bond donors (Lipinski definition) is 1. The number of nitrogens with zero attached hydrogens (tertiary/aromatic N) is 3. The predicted molar refractivity (Wildman–Crippen MR) is 107 cm³/mol. The van der Waals surface area contributed by atoms with Gasteiger partial charge in [-0.25, -0.2) is 4.79 Å². The standard InChI is InChI=1S/C21H26N4O4/c1-2-12-24-16-7-3-4-8-17(16)25(20(24)28)13-9-19(27)29-14-18(26)23-21(15-22)10-5-6-11-21/h3-4,7-8H,2,5-6,9-14H2,1H3,(H,23,26). The minimum atomic E-state index is -0.835. The first-order chi connectivity index (χ1) is 14.0. The van der Waals surface area contributed by atoms with Crippen LogP contribution in [0.1, 0.15) is 45.4 Å². The number of carbonyl (C=O) groups is 2. The Morgan fingerprint density at radius 1 is 1.17 bits per heavy atom. The maximum Gasteiger partial charge on any atom is 0.329 e. The number of aryl methyl sites for hydroxylation is 2. The smallest absolute Gasteiger partial charge is 0.329 e. The Bertz CT molecular complexity index is 992. The maximum absolute atomic E-state index is 12.7. The Hall–Kier alpha value is -3.08. The van der Waals surface area contributed by atoms with E-state index in [-0.39, 0.29) is 18.7 Å². The van der Waals surface area contributed by atoms with Crippen molar-refractivity contribution in [3.63, 3.8) is 0 Å². The molecule has 0 saturated heterocycles. The van der Waals surface area contributed by atoms with Crippen molar-refractivity contribution in [2.45, 2.75) is 64.1 Å². The summed E-state index contributed by atoms with van der Waals surface area (Å²) >= 11 is 0. The molecule has 2 aromatic rings. The lowest BCUT2D eigenvalue weighted by Crippen LogP contribution is -2.46. The molecule has 1 heterocycles. The molecule has 0 atom stereocenters. The minimum absolute atomic E-state index is 0.0172. The molecule has 0 aliphatic heterocycles. The van der Waals surface area contributed by atoms with Crippen LogP contribution in [-0.4, -0.2) is 33.2 Å². The number of hydrogen-bond acceptors (Lipinski definition) is 5. The monoisotopic (exact) mass is 398 g/mol. The van der Waals surface area contributed by atoms with Crippen molar-refractivity contribution in [1.29, 1.82) is 5.26 Å². The van der Waals surface area contributed by atoms with Gasteiger partial charge in [0.25, 0.3) is 5.91 Å². The van der Waals surface area contributed by atoms with E-state index in [0.717, 1.165) is 30.3 Å².